The zero-order chi connectivity index (χ0) is 11.8. The Morgan fingerprint density at radius 1 is 1.40 bits per heavy atom. The molecule has 0 fully saturated rings. The number of rotatable bonds is 2. The van der Waals surface area contributed by atoms with Crippen molar-refractivity contribution in [3.8, 4) is 0 Å². The van der Waals surface area contributed by atoms with Gasteiger partial charge in [-0.2, -0.15) is 0 Å². The second-order valence-electron chi connectivity index (χ2n) is 2.57. The van der Waals surface area contributed by atoms with E-state index >= 15 is 0 Å². The summed E-state index contributed by atoms with van der Waals surface area (Å²) < 4.78 is 58.4. The van der Waals surface area contributed by atoms with Gasteiger partial charge >= 0.3 is 0 Å². The second kappa shape index (κ2) is 3.66. The fraction of sp³-hybridized carbons (Fsp3) is 0.167. The summed E-state index contributed by atoms with van der Waals surface area (Å²) in [7, 11) is -4.35. The van der Waals surface area contributed by atoms with E-state index in [9.17, 15) is 26.4 Å². The summed E-state index contributed by atoms with van der Waals surface area (Å²) in [5.41, 5.74) is -2.86. The molecule has 5 nitrogen and oxygen atoms in total. The van der Waals surface area contributed by atoms with E-state index in [-0.39, 0.29) is 0 Å². The first-order chi connectivity index (χ1) is 6.73. The molecule has 0 atom stereocenters. The van der Waals surface area contributed by atoms with Crippen molar-refractivity contribution in [2.24, 2.45) is 5.14 Å². The van der Waals surface area contributed by atoms with E-state index in [0.29, 0.717) is 6.07 Å². The number of alkyl halides is 2. The summed E-state index contributed by atoms with van der Waals surface area (Å²) in [5.74, 6) is -1.72. The van der Waals surface area contributed by atoms with Gasteiger partial charge < -0.3 is 4.98 Å². The van der Waals surface area contributed by atoms with Crippen LogP contribution < -0.4 is 10.6 Å². The highest BCUT2D eigenvalue weighted by molar-refractivity contribution is 7.89. The maximum atomic E-state index is 12.8. The topological polar surface area (TPSA) is 93.0 Å². The molecule has 0 amide bonds. The van der Waals surface area contributed by atoms with E-state index in [1.807, 2.05) is 0 Å². The zero-order valence-electron chi connectivity index (χ0n) is 7.00. The molecule has 1 aromatic heterocycles. The predicted octanol–water partition coefficient (Wildman–Crippen LogP) is 0.0990. The zero-order valence-corrected chi connectivity index (χ0v) is 7.82. The molecule has 0 aliphatic heterocycles. The molecule has 3 N–H and O–H groups in total. The summed E-state index contributed by atoms with van der Waals surface area (Å²) in [4.78, 5) is 12.3. The minimum atomic E-state index is -4.35. The van der Waals surface area contributed by atoms with E-state index in [1.54, 1.807) is 4.98 Å². The lowest BCUT2D eigenvalue weighted by atomic mass is 10.3. The second-order valence-corrected chi connectivity index (χ2v) is 4.10. The Morgan fingerprint density at radius 2 is 1.93 bits per heavy atom. The van der Waals surface area contributed by atoms with Crippen LogP contribution in [-0.2, 0) is 10.0 Å². The van der Waals surface area contributed by atoms with Gasteiger partial charge in [-0.05, 0) is 0 Å². The van der Waals surface area contributed by atoms with Crippen molar-refractivity contribution < 1.29 is 21.6 Å². The highest BCUT2D eigenvalue weighted by atomic mass is 32.2. The molecule has 15 heavy (non-hydrogen) atoms. The van der Waals surface area contributed by atoms with Crippen LogP contribution in [0.3, 0.4) is 0 Å². The number of hydrogen-bond acceptors (Lipinski definition) is 3. The fourth-order valence-corrected chi connectivity index (χ4v) is 1.37. The highest BCUT2D eigenvalue weighted by Gasteiger charge is 2.21. The molecule has 0 aromatic carbocycles. The van der Waals surface area contributed by atoms with E-state index in [4.69, 9.17) is 0 Å². The maximum absolute atomic E-state index is 12.8. The summed E-state index contributed by atoms with van der Waals surface area (Å²) in [6, 6.07) is 0.302. The lowest BCUT2D eigenvalue weighted by molar-refractivity contribution is 0.139. The van der Waals surface area contributed by atoms with E-state index in [1.165, 1.54) is 0 Å². The van der Waals surface area contributed by atoms with Gasteiger partial charge in [0.2, 0.25) is 5.43 Å². The predicted molar refractivity (Wildman–Crippen MR) is 43.4 cm³/mol. The van der Waals surface area contributed by atoms with Crippen molar-refractivity contribution in [3.63, 3.8) is 0 Å². The minimum absolute atomic E-state index is 0.302. The monoisotopic (exact) mass is 242 g/mol. The molecule has 1 rings (SSSR count). The first kappa shape index (κ1) is 11.7. The maximum Gasteiger partial charge on any atom is 0.281 e. The third-order valence-corrected chi connectivity index (χ3v) is 2.33. The lowest BCUT2D eigenvalue weighted by Gasteiger charge is -2.04. The SMILES string of the molecule is NS(=O)(=O)c1cc(=O)c(F)c(C(F)F)[nH]1. The van der Waals surface area contributed by atoms with Crippen LogP contribution in [-0.4, -0.2) is 13.4 Å². The van der Waals surface area contributed by atoms with Crippen LogP contribution in [0.4, 0.5) is 13.2 Å². The molecule has 84 valence electrons. The van der Waals surface area contributed by atoms with Crippen molar-refractivity contribution in [2.75, 3.05) is 0 Å². The number of aromatic amines is 1. The van der Waals surface area contributed by atoms with Gasteiger partial charge in [-0.25, -0.2) is 26.7 Å². The van der Waals surface area contributed by atoms with Gasteiger partial charge in [-0.1, -0.05) is 0 Å². The average Bonchev–Trinajstić information content (AvgIpc) is 2.06. The largest absolute Gasteiger partial charge is 0.341 e. The van der Waals surface area contributed by atoms with E-state index in [2.05, 4.69) is 5.14 Å². The summed E-state index contributed by atoms with van der Waals surface area (Å²) in [6.45, 7) is 0. The molecule has 0 radical (unpaired) electrons. The average molecular weight is 242 g/mol. The Kier molecular flexibility index (Phi) is 2.86. The van der Waals surface area contributed by atoms with Crippen molar-refractivity contribution >= 4 is 10.0 Å². The van der Waals surface area contributed by atoms with Crippen LogP contribution >= 0.6 is 0 Å². The van der Waals surface area contributed by atoms with Crippen LogP contribution in [0.1, 0.15) is 12.1 Å². The van der Waals surface area contributed by atoms with Crippen LogP contribution in [0.25, 0.3) is 0 Å². The normalized spacial score (nSPS) is 12.1. The third-order valence-electron chi connectivity index (χ3n) is 1.50. The minimum Gasteiger partial charge on any atom is -0.341 e. The quantitative estimate of drug-likeness (QED) is 0.770. The lowest BCUT2D eigenvalue weighted by Crippen LogP contribution is -2.21. The molecule has 0 aliphatic rings. The van der Waals surface area contributed by atoms with Crippen molar-refractivity contribution in [3.05, 3.63) is 27.8 Å². The standard InChI is InChI=1S/C6H5F3N2O3S/c7-4-2(12)1-3(15(10,13)14)11-5(4)6(8)9/h1,6H,(H,11,12)(H2,10,13,14). The van der Waals surface area contributed by atoms with Crippen LogP contribution in [0, 0.1) is 5.82 Å². The molecule has 9 heteroatoms. The van der Waals surface area contributed by atoms with Gasteiger partial charge in [0.25, 0.3) is 16.4 Å². The number of H-pyrrole nitrogens is 1. The van der Waals surface area contributed by atoms with Gasteiger partial charge in [-0.15, -0.1) is 0 Å². The number of nitrogens with two attached hydrogens (primary N) is 1. The van der Waals surface area contributed by atoms with E-state index < -0.39 is 38.4 Å². The summed E-state index contributed by atoms with van der Waals surface area (Å²) in [5, 5.41) is 3.63. The van der Waals surface area contributed by atoms with Crippen molar-refractivity contribution in [2.45, 2.75) is 11.5 Å². The van der Waals surface area contributed by atoms with Gasteiger partial charge in [0.05, 0.1) is 0 Å². The molecule has 1 aromatic rings. The Bertz CT molecular complexity index is 537. The van der Waals surface area contributed by atoms with Crippen molar-refractivity contribution in [1.29, 1.82) is 0 Å². The molecule has 0 unspecified atom stereocenters. The van der Waals surface area contributed by atoms with Gasteiger partial charge in [0.1, 0.15) is 5.69 Å². The third kappa shape index (κ3) is 2.36. The van der Waals surface area contributed by atoms with E-state index in [0.717, 1.165) is 0 Å². The number of hydrogen-bond donors (Lipinski definition) is 2. The molecule has 0 saturated carbocycles. The Hall–Kier alpha value is -1.35. The number of nitrogens with one attached hydrogen (secondary N) is 1. The first-order valence-corrected chi connectivity index (χ1v) is 5.02. The number of pyridine rings is 1. The summed E-state index contributed by atoms with van der Waals surface area (Å²) >= 11 is 0. The van der Waals surface area contributed by atoms with Gasteiger partial charge in [0.15, 0.2) is 10.8 Å². The Balaban J connectivity index is 3.58. The summed E-state index contributed by atoms with van der Waals surface area (Å²) in [6.07, 6.45) is -3.33. The molecular weight excluding hydrogens is 237 g/mol. The van der Waals surface area contributed by atoms with Crippen LogP contribution in [0.2, 0.25) is 0 Å². The van der Waals surface area contributed by atoms with Crippen LogP contribution in [0.5, 0.6) is 0 Å². The molecular formula is C6H5F3N2O3S. The number of halogens is 3. The first-order valence-electron chi connectivity index (χ1n) is 3.47. The molecule has 0 bridgehead atoms. The number of sulfonamides is 1. The molecule has 0 saturated heterocycles. The van der Waals surface area contributed by atoms with Gasteiger partial charge in [0, 0.05) is 6.07 Å². The Morgan fingerprint density at radius 3 is 2.33 bits per heavy atom. The smallest absolute Gasteiger partial charge is 0.281 e. The Labute approximate surface area is 81.8 Å². The molecule has 1 heterocycles. The van der Waals surface area contributed by atoms with Crippen LogP contribution in [0.15, 0.2) is 15.9 Å². The number of primary sulfonamides is 1. The van der Waals surface area contributed by atoms with Crippen molar-refractivity contribution in [1.82, 2.24) is 4.98 Å². The molecule has 0 aliphatic carbocycles. The molecule has 0 spiro atoms. The fourth-order valence-electron chi connectivity index (χ4n) is 0.842. The highest BCUT2D eigenvalue weighted by Crippen LogP contribution is 2.18. The van der Waals surface area contributed by atoms with Gasteiger partial charge in [-0.3, -0.25) is 4.79 Å². The number of aromatic nitrogens is 1.